The van der Waals surface area contributed by atoms with Gasteiger partial charge in [0.1, 0.15) is 0 Å². The van der Waals surface area contributed by atoms with Gasteiger partial charge in [0.15, 0.2) is 0 Å². The van der Waals surface area contributed by atoms with Gasteiger partial charge >= 0.3 is 0 Å². The molecule has 3 heteroatoms. The van der Waals surface area contributed by atoms with Crippen LogP contribution in [0.2, 0.25) is 0 Å². The summed E-state index contributed by atoms with van der Waals surface area (Å²) in [6, 6.07) is 0.271. The van der Waals surface area contributed by atoms with Gasteiger partial charge in [-0.25, -0.2) is 0 Å². The van der Waals surface area contributed by atoms with Gasteiger partial charge in [0.05, 0.1) is 5.92 Å². The molecule has 0 unspecified atom stereocenters. The highest BCUT2D eigenvalue weighted by Crippen LogP contribution is 2.02. The van der Waals surface area contributed by atoms with Crippen molar-refractivity contribution in [3.63, 3.8) is 0 Å². The van der Waals surface area contributed by atoms with Crippen molar-refractivity contribution in [2.75, 3.05) is 13.1 Å². The van der Waals surface area contributed by atoms with Gasteiger partial charge in [-0.15, -0.1) is 0 Å². The van der Waals surface area contributed by atoms with E-state index in [1.165, 1.54) is 0 Å². The standard InChI is InChI=1S/C7H14N2O/c1-5(2)9-7(10)6-3-8-4-6/h5-6,8H,3-4H2,1-2H3,(H,9,10). The van der Waals surface area contributed by atoms with Gasteiger partial charge in [0, 0.05) is 19.1 Å². The van der Waals surface area contributed by atoms with Gasteiger partial charge in [-0.1, -0.05) is 0 Å². The molecule has 0 spiro atoms. The molecule has 0 aromatic heterocycles. The highest BCUT2D eigenvalue weighted by atomic mass is 16.2. The average molecular weight is 142 g/mol. The van der Waals surface area contributed by atoms with Gasteiger partial charge < -0.3 is 10.6 Å². The van der Waals surface area contributed by atoms with Crippen LogP contribution < -0.4 is 10.6 Å². The van der Waals surface area contributed by atoms with Crippen LogP contribution in [-0.4, -0.2) is 25.0 Å². The molecule has 1 amide bonds. The summed E-state index contributed by atoms with van der Waals surface area (Å²) in [6.45, 7) is 5.64. The Hall–Kier alpha value is -0.570. The molecule has 10 heavy (non-hydrogen) atoms. The van der Waals surface area contributed by atoms with Crippen LogP contribution in [0.1, 0.15) is 13.8 Å². The van der Waals surface area contributed by atoms with Gasteiger partial charge in [0.2, 0.25) is 5.91 Å². The van der Waals surface area contributed by atoms with Gasteiger partial charge in [-0.05, 0) is 13.8 Å². The fraction of sp³-hybridized carbons (Fsp3) is 0.857. The minimum atomic E-state index is 0.189. The number of rotatable bonds is 2. The third-order valence-electron chi connectivity index (χ3n) is 1.58. The zero-order chi connectivity index (χ0) is 7.56. The Morgan fingerprint density at radius 2 is 2.20 bits per heavy atom. The quantitative estimate of drug-likeness (QED) is 0.557. The number of carbonyl (C=O) groups excluding carboxylic acids is 1. The van der Waals surface area contributed by atoms with E-state index in [9.17, 15) is 4.79 Å². The van der Waals surface area contributed by atoms with Crippen LogP contribution in [-0.2, 0) is 4.79 Å². The Bertz CT molecular complexity index is 130. The lowest BCUT2D eigenvalue weighted by Gasteiger charge is -2.26. The minimum Gasteiger partial charge on any atom is -0.354 e. The topological polar surface area (TPSA) is 41.1 Å². The van der Waals surface area contributed by atoms with E-state index in [1.54, 1.807) is 0 Å². The fourth-order valence-electron chi connectivity index (χ4n) is 0.876. The zero-order valence-electron chi connectivity index (χ0n) is 6.48. The predicted octanol–water partition coefficient (Wildman–Crippen LogP) is -0.270. The first-order valence-corrected chi connectivity index (χ1v) is 3.71. The lowest BCUT2D eigenvalue weighted by Crippen LogP contribution is -2.51. The summed E-state index contributed by atoms with van der Waals surface area (Å²) < 4.78 is 0. The van der Waals surface area contributed by atoms with Gasteiger partial charge in [-0.2, -0.15) is 0 Å². The van der Waals surface area contributed by atoms with Crippen molar-refractivity contribution >= 4 is 5.91 Å². The Morgan fingerprint density at radius 3 is 2.50 bits per heavy atom. The maximum absolute atomic E-state index is 11.1. The van der Waals surface area contributed by atoms with Crippen LogP contribution in [0.15, 0.2) is 0 Å². The van der Waals surface area contributed by atoms with Crippen LogP contribution in [0.3, 0.4) is 0 Å². The Balaban J connectivity index is 2.20. The van der Waals surface area contributed by atoms with Crippen LogP contribution in [0.25, 0.3) is 0 Å². The van der Waals surface area contributed by atoms with Crippen molar-refractivity contribution in [1.82, 2.24) is 10.6 Å². The highest BCUT2D eigenvalue weighted by molar-refractivity contribution is 5.80. The van der Waals surface area contributed by atoms with Crippen molar-refractivity contribution in [2.24, 2.45) is 5.92 Å². The molecule has 0 bridgehead atoms. The van der Waals surface area contributed by atoms with Crippen LogP contribution >= 0.6 is 0 Å². The number of amides is 1. The summed E-state index contributed by atoms with van der Waals surface area (Å²) in [6.07, 6.45) is 0. The molecule has 1 aliphatic heterocycles. The van der Waals surface area contributed by atoms with E-state index in [-0.39, 0.29) is 17.9 Å². The average Bonchev–Trinajstić information content (AvgIpc) is 1.55. The van der Waals surface area contributed by atoms with E-state index in [0.717, 1.165) is 13.1 Å². The Morgan fingerprint density at radius 1 is 1.60 bits per heavy atom. The van der Waals surface area contributed by atoms with E-state index < -0.39 is 0 Å². The Kier molecular flexibility index (Phi) is 2.27. The van der Waals surface area contributed by atoms with Gasteiger partial charge in [0.25, 0.3) is 0 Å². The Labute approximate surface area is 61.2 Å². The summed E-state index contributed by atoms with van der Waals surface area (Å²) in [4.78, 5) is 11.1. The van der Waals surface area contributed by atoms with Gasteiger partial charge in [-0.3, -0.25) is 4.79 Å². The maximum Gasteiger partial charge on any atom is 0.225 e. The second-order valence-electron chi connectivity index (χ2n) is 3.02. The molecule has 3 nitrogen and oxygen atoms in total. The normalized spacial score (nSPS) is 18.7. The SMILES string of the molecule is CC(C)NC(=O)C1CNC1. The third kappa shape index (κ3) is 1.70. The van der Waals surface area contributed by atoms with Crippen molar-refractivity contribution in [1.29, 1.82) is 0 Å². The number of hydrogen-bond donors (Lipinski definition) is 2. The molecule has 0 aromatic carbocycles. The second-order valence-corrected chi connectivity index (χ2v) is 3.02. The number of hydrogen-bond acceptors (Lipinski definition) is 2. The fourth-order valence-corrected chi connectivity index (χ4v) is 0.876. The lowest BCUT2D eigenvalue weighted by atomic mass is 10.0. The molecule has 0 saturated carbocycles. The summed E-state index contributed by atoms with van der Waals surface area (Å²) in [7, 11) is 0. The van der Waals surface area contributed by atoms with Crippen molar-refractivity contribution in [2.45, 2.75) is 19.9 Å². The molecule has 1 aliphatic rings. The molecule has 0 aromatic rings. The molecule has 58 valence electrons. The van der Waals surface area contributed by atoms with E-state index >= 15 is 0 Å². The lowest BCUT2D eigenvalue weighted by molar-refractivity contribution is -0.126. The first kappa shape index (κ1) is 7.54. The summed E-state index contributed by atoms with van der Waals surface area (Å²) >= 11 is 0. The predicted molar refractivity (Wildman–Crippen MR) is 39.6 cm³/mol. The molecule has 1 heterocycles. The molecular weight excluding hydrogens is 128 g/mol. The molecule has 2 N–H and O–H groups in total. The third-order valence-corrected chi connectivity index (χ3v) is 1.58. The molecule has 0 atom stereocenters. The van der Waals surface area contributed by atoms with Crippen LogP contribution in [0.4, 0.5) is 0 Å². The molecule has 0 radical (unpaired) electrons. The van der Waals surface area contributed by atoms with Crippen molar-refractivity contribution < 1.29 is 4.79 Å². The summed E-state index contributed by atoms with van der Waals surface area (Å²) in [5, 5.41) is 5.92. The molecular formula is C7H14N2O. The van der Waals surface area contributed by atoms with E-state index in [1.807, 2.05) is 13.8 Å². The smallest absolute Gasteiger partial charge is 0.225 e. The van der Waals surface area contributed by atoms with Crippen LogP contribution in [0, 0.1) is 5.92 Å². The molecule has 1 saturated heterocycles. The van der Waals surface area contributed by atoms with E-state index in [0.29, 0.717) is 0 Å². The van der Waals surface area contributed by atoms with Crippen molar-refractivity contribution in [3.05, 3.63) is 0 Å². The largest absolute Gasteiger partial charge is 0.354 e. The second kappa shape index (κ2) is 3.01. The molecule has 0 aliphatic carbocycles. The highest BCUT2D eigenvalue weighted by Gasteiger charge is 2.24. The maximum atomic E-state index is 11.1. The zero-order valence-corrected chi connectivity index (χ0v) is 6.48. The summed E-state index contributed by atoms with van der Waals surface area (Å²) in [5.41, 5.74) is 0. The minimum absolute atomic E-state index is 0.189. The number of carbonyl (C=O) groups is 1. The summed E-state index contributed by atoms with van der Waals surface area (Å²) in [5.74, 6) is 0.413. The monoisotopic (exact) mass is 142 g/mol. The number of nitrogens with one attached hydrogen (secondary N) is 2. The molecule has 1 fully saturated rings. The van der Waals surface area contributed by atoms with Crippen LogP contribution in [0.5, 0.6) is 0 Å². The first-order valence-electron chi connectivity index (χ1n) is 3.71. The van der Waals surface area contributed by atoms with E-state index in [4.69, 9.17) is 0 Å². The molecule has 1 rings (SSSR count). The van der Waals surface area contributed by atoms with E-state index in [2.05, 4.69) is 10.6 Å². The van der Waals surface area contributed by atoms with Crippen molar-refractivity contribution in [3.8, 4) is 0 Å². The first-order chi connectivity index (χ1) is 4.70.